The van der Waals surface area contributed by atoms with E-state index in [1.807, 2.05) is 0 Å². The summed E-state index contributed by atoms with van der Waals surface area (Å²) >= 11 is 0. The third kappa shape index (κ3) is 2.69. The third-order valence-corrected chi connectivity index (χ3v) is 5.33. The highest BCUT2D eigenvalue weighted by atomic mass is 32.2. The van der Waals surface area contributed by atoms with Gasteiger partial charge in [-0.1, -0.05) is 13.8 Å². The number of sulfonamides is 1. The largest absolute Gasteiger partial charge is 0.495 e. The van der Waals surface area contributed by atoms with Gasteiger partial charge in [-0.2, -0.15) is 4.31 Å². The molecule has 1 saturated heterocycles. The van der Waals surface area contributed by atoms with Crippen molar-refractivity contribution in [2.24, 2.45) is 5.41 Å². The summed E-state index contributed by atoms with van der Waals surface area (Å²) in [4.78, 5) is 0.233. The Hall–Kier alpha value is -1.27. The molecule has 1 heterocycles. The van der Waals surface area contributed by atoms with Crippen LogP contribution in [0.5, 0.6) is 5.75 Å². The van der Waals surface area contributed by atoms with Gasteiger partial charge in [0.1, 0.15) is 5.75 Å². The van der Waals surface area contributed by atoms with Crippen LogP contribution in [0.3, 0.4) is 0 Å². The quantitative estimate of drug-likeness (QED) is 0.857. The molecule has 0 aliphatic carbocycles. The van der Waals surface area contributed by atoms with E-state index in [-0.39, 0.29) is 10.3 Å². The van der Waals surface area contributed by atoms with Crippen LogP contribution in [0.2, 0.25) is 0 Å². The molecular weight excluding hydrogens is 264 g/mol. The van der Waals surface area contributed by atoms with E-state index in [4.69, 9.17) is 10.5 Å². The lowest BCUT2D eigenvalue weighted by molar-refractivity contribution is 0.375. The molecule has 1 aromatic carbocycles. The number of nitrogens with zero attached hydrogens (tertiary/aromatic N) is 1. The van der Waals surface area contributed by atoms with Crippen molar-refractivity contribution in [1.82, 2.24) is 4.31 Å². The molecule has 1 aliphatic heterocycles. The van der Waals surface area contributed by atoms with Gasteiger partial charge in [0.25, 0.3) is 0 Å². The summed E-state index contributed by atoms with van der Waals surface area (Å²) in [5, 5.41) is 0. The molecule has 2 rings (SSSR count). The molecule has 1 fully saturated rings. The summed E-state index contributed by atoms with van der Waals surface area (Å²) in [5.41, 5.74) is 6.17. The Morgan fingerprint density at radius 1 is 1.37 bits per heavy atom. The lowest BCUT2D eigenvalue weighted by atomic mass is 9.93. The molecule has 106 valence electrons. The Morgan fingerprint density at radius 3 is 2.58 bits per heavy atom. The van der Waals surface area contributed by atoms with Gasteiger partial charge in [0.15, 0.2) is 0 Å². The molecule has 1 aliphatic rings. The standard InChI is InChI=1S/C13H20N2O3S/c1-13(2)6-7-15(9-13)19(16,17)10-4-5-11(14)12(8-10)18-3/h4-5,8H,6-7,9,14H2,1-3H3. The highest BCUT2D eigenvalue weighted by Gasteiger charge is 2.36. The second-order valence-electron chi connectivity index (χ2n) is 5.66. The fourth-order valence-corrected chi connectivity index (χ4v) is 3.91. The minimum Gasteiger partial charge on any atom is -0.495 e. The smallest absolute Gasteiger partial charge is 0.243 e. The number of ether oxygens (including phenoxy) is 1. The normalized spacial score (nSPS) is 19.5. The average Bonchev–Trinajstić information content (AvgIpc) is 2.70. The number of hydrogen-bond acceptors (Lipinski definition) is 4. The van der Waals surface area contributed by atoms with Gasteiger partial charge in [-0.25, -0.2) is 8.42 Å². The molecule has 5 nitrogen and oxygen atoms in total. The lowest BCUT2D eigenvalue weighted by Gasteiger charge is -2.20. The van der Waals surface area contributed by atoms with Gasteiger partial charge >= 0.3 is 0 Å². The number of benzene rings is 1. The van der Waals surface area contributed by atoms with E-state index in [0.29, 0.717) is 24.5 Å². The van der Waals surface area contributed by atoms with E-state index in [1.165, 1.54) is 23.5 Å². The molecule has 0 atom stereocenters. The Morgan fingerprint density at radius 2 is 2.05 bits per heavy atom. The van der Waals surface area contributed by atoms with E-state index in [9.17, 15) is 8.42 Å². The van der Waals surface area contributed by atoms with Crippen molar-refractivity contribution in [2.75, 3.05) is 25.9 Å². The number of anilines is 1. The van der Waals surface area contributed by atoms with Gasteiger partial charge in [0, 0.05) is 19.2 Å². The number of hydrogen-bond donors (Lipinski definition) is 1. The first-order valence-electron chi connectivity index (χ1n) is 6.20. The fraction of sp³-hybridized carbons (Fsp3) is 0.538. The van der Waals surface area contributed by atoms with E-state index in [0.717, 1.165) is 6.42 Å². The molecule has 0 radical (unpaired) electrons. The topological polar surface area (TPSA) is 72.6 Å². The number of nitrogen functional groups attached to an aromatic ring is 1. The maximum Gasteiger partial charge on any atom is 0.243 e. The third-order valence-electron chi connectivity index (χ3n) is 3.49. The summed E-state index contributed by atoms with van der Waals surface area (Å²) in [6.45, 7) is 5.25. The van der Waals surface area contributed by atoms with Crippen molar-refractivity contribution >= 4 is 15.7 Å². The van der Waals surface area contributed by atoms with Gasteiger partial charge < -0.3 is 10.5 Å². The predicted octanol–water partition coefficient (Wildman–Crippen LogP) is 1.70. The van der Waals surface area contributed by atoms with Gasteiger partial charge in [0.05, 0.1) is 17.7 Å². The molecule has 6 heteroatoms. The zero-order chi connectivity index (χ0) is 14.3. The van der Waals surface area contributed by atoms with Crippen LogP contribution in [0.15, 0.2) is 23.1 Å². The lowest BCUT2D eigenvalue weighted by Crippen LogP contribution is -2.30. The minimum atomic E-state index is -3.46. The predicted molar refractivity (Wildman–Crippen MR) is 74.6 cm³/mol. The zero-order valence-corrected chi connectivity index (χ0v) is 12.3. The van der Waals surface area contributed by atoms with E-state index in [1.54, 1.807) is 6.07 Å². The van der Waals surface area contributed by atoms with Gasteiger partial charge in [-0.3, -0.25) is 0 Å². The second kappa shape index (κ2) is 4.68. The van der Waals surface area contributed by atoms with E-state index >= 15 is 0 Å². The number of methoxy groups -OCH3 is 1. The highest BCUT2D eigenvalue weighted by Crippen LogP contribution is 2.34. The van der Waals surface area contributed by atoms with Crippen LogP contribution in [0.4, 0.5) is 5.69 Å². The Bertz CT molecular complexity index is 582. The summed E-state index contributed by atoms with van der Waals surface area (Å²) in [6, 6.07) is 4.57. The molecule has 0 unspecified atom stereocenters. The second-order valence-corrected chi connectivity index (χ2v) is 7.59. The summed E-state index contributed by atoms with van der Waals surface area (Å²) in [5.74, 6) is 0.388. The van der Waals surface area contributed by atoms with Crippen LogP contribution in [0.1, 0.15) is 20.3 Å². The van der Waals surface area contributed by atoms with Crippen molar-refractivity contribution in [3.63, 3.8) is 0 Å². The highest BCUT2D eigenvalue weighted by molar-refractivity contribution is 7.89. The van der Waals surface area contributed by atoms with Crippen molar-refractivity contribution in [3.05, 3.63) is 18.2 Å². The Kier molecular flexibility index (Phi) is 3.49. The van der Waals surface area contributed by atoms with Crippen molar-refractivity contribution in [1.29, 1.82) is 0 Å². The van der Waals surface area contributed by atoms with E-state index < -0.39 is 10.0 Å². The molecule has 0 aromatic heterocycles. The maximum atomic E-state index is 12.5. The van der Waals surface area contributed by atoms with Crippen LogP contribution in [0, 0.1) is 5.41 Å². The van der Waals surface area contributed by atoms with Gasteiger partial charge in [-0.15, -0.1) is 0 Å². The monoisotopic (exact) mass is 284 g/mol. The molecule has 0 amide bonds. The van der Waals surface area contributed by atoms with Crippen molar-refractivity contribution in [3.8, 4) is 5.75 Å². The minimum absolute atomic E-state index is 0.0327. The molecule has 0 saturated carbocycles. The molecular formula is C13H20N2O3S. The first-order chi connectivity index (χ1) is 8.76. The number of rotatable bonds is 3. The first-order valence-corrected chi connectivity index (χ1v) is 7.64. The molecule has 0 spiro atoms. The van der Waals surface area contributed by atoms with Crippen LogP contribution in [0.25, 0.3) is 0 Å². The summed E-state index contributed by atoms with van der Waals surface area (Å²) < 4.78 is 31.7. The Balaban J connectivity index is 2.35. The van der Waals surface area contributed by atoms with Crippen LogP contribution in [-0.2, 0) is 10.0 Å². The van der Waals surface area contributed by atoms with Crippen molar-refractivity contribution < 1.29 is 13.2 Å². The van der Waals surface area contributed by atoms with Crippen LogP contribution >= 0.6 is 0 Å². The summed E-state index contributed by atoms with van der Waals surface area (Å²) in [7, 11) is -1.99. The SMILES string of the molecule is COc1cc(S(=O)(=O)N2CCC(C)(C)C2)ccc1N. The van der Waals surface area contributed by atoms with Crippen LogP contribution in [-0.4, -0.2) is 32.9 Å². The van der Waals surface area contributed by atoms with Crippen molar-refractivity contribution in [2.45, 2.75) is 25.2 Å². The Labute approximate surface area is 114 Å². The molecule has 2 N–H and O–H groups in total. The van der Waals surface area contributed by atoms with E-state index in [2.05, 4.69) is 13.8 Å². The maximum absolute atomic E-state index is 12.5. The van der Waals surface area contributed by atoms with Gasteiger partial charge in [0.2, 0.25) is 10.0 Å². The fourth-order valence-electron chi connectivity index (χ4n) is 2.27. The zero-order valence-electron chi connectivity index (χ0n) is 11.5. The molecule has 19 heavy (non-hydrogen) atoms. The first kappa shape index (κ1) is 14.1. The molecule has 0 bridgehead atoms. The molecule has 1 aromatic rings. The van der Waals surface area contributed by atoms with Crippen LogP contribution < -0.4 is 10.5 Å². The van der Waals surface area contributed by atoms with Gasteiger partial charge in [-0.05, 0) is 24.0 Å². The number of nitrogens with two attached hydrogens (primary N) is 1. The summed E-state index contributed by atoms with van der Waals surface area (Å²) in [6.07, 6.45) is 0.873. The average molecular weight is 284 g/mol.